The molecule has 0 aromatic rings. The molecule has 0 saturated heterocycles. The summed E-state index contributed by atoms with van der Waals surface area (Å²) in [5.74, 6) is 1.07. The molecule has 2 rings (SSSR count). The molecule has 90 valence electrons. The lowest BCUT2D eigenvalue weighted by molar-refractivity contribution is -0.122. The Kier molecular flexibility index (Phi) is 3.95. The molecule has 2 nitrogen and oxygen atoms in total. The van der Waals surface area contributed by atoms with E-state index in [1.807, 2.05) is 0 Å². The molecule has 0 radical (unpaired) electrons. The van der Waals surface area contributed by atoms with Gasteiger partial charge in [-0.25, -0.2) is 0 Å². The van der Waals surface area contributed by atoms with Crippen molar-refractivity contribution in [3.05, 3.63) is 11.6 Å². The van der Waals surface area contributed by atoms with Crippen molar-refractivity contribution in [2.24, 2.45) is 5.41 Å². The van der Waals surface area contributed by atoms with Crippen molar-refractivity contribution < 1.29 is 4.79 Å². The third kappa shape index (κ3) is 3.27. The predicted octanol–water partition coefficient (Wildman–Crippen LogP) is 2.70. The van der Waals surface area contributed by atoms with E-state index in [1.54, 1.807) is 0 Å². The van der Waals surface area contributed by atoms with Crippen LogP contribution in [0.4, 0.5) is 0 Å². The van der Waals surface area contributed by atoms with Gasteiger partial charge in [-0.05, 0) is 49.7 Å². The van der Waals surface area contributed by atoms with Crippen LogP contribution in [0.2, 0.25) is 0 Å². The second-order valence-corrected chi connectivity index (χ2v) is 5.51. The van der Waals surface area contributed by atoms with E-state index in [2.05, 4.69) is 24.0 Å². The van der Waals surface area contributed by atoms with E-state index in [0.717, 1.165) is 18.7 Å². The van der Waals surface area contributed by atoms with Gasteiger partial charge in [-0.3, -0.25) is 4.79 Å². The van der Waals surface area contributed by atoms with E-state index < -0.39 is 0 Å². The van der Waals surface area contributed by atoms with E-state index in [4.69, 9.17) is 0 Å². The van der Waals surface area contributed by atoms with Gasteiger partial charge in [0.2, 0.25) is 5.91 Å². The van der Waals surface area contributed by atoms with Gasteiger partial charge in [-0.2, -0.15) is 12.6 Å². The van der Waals surface area contributed by atoms with Crippen molar-refractivity contribution in [3.63, 3.8) is 0 Å². The largest absolute Gasteiger partial charge is 0.356 e. The predicted molar refractivity (Wildman–Crippen MR) is 69.7 cm³/mol. The number of allylic oxidation sites excluding steroid dienone is 1. The number of hydrogen-bond acceptors (Lipinski definition) is 2. The minimum absolute atomic E-state index is 0.213. The average molecular weight is 239 g/mol. The molecule has 3 heteroatoms. The van der Waals surface area contributed by atoms with E-state index in [1.165, 1.54) is 37.7 Å². The lowest BCUT2D eigenvalue weighted by Gasteiger charge is -2.11. The lowest BCUT2D eigenvalue weighted by Crippen LogP contribution is -2.27. The summed E-state index contributed by atoms with van der Waals surface area (Å²) in [5, 5.41) is 3.03. The van der Waals surface area contributed by atoms with E-state index >= 15 is 0 Å². The first kappa shape index (κ1) is 12.0. The first-order valence-corrected chi connectivity index (χ1v) is 6.93. The monoisotopic (exact) mass is 239 g/mol. The SMILES string of the molecule is O=C(CC1(CS)CC1)NCCC1=CCCC1. The molecule has 1 amide bonds. The second-order valence-electron chi connectivity index (χ2n) is 5.19. The van der Waals surface area contributed by atoms with Crippen LogP contribution in [0.25, 0.3) is 0 Å². The van der Waals surface area contributed by atoms with Crippen LogP contribution in [0.3, 0.4) is 0 Å². The molecule has 0 aromatic heterocycles. The highest BCUT2D eigenvalue weighted by Crippen LogP contribution is 2.49. The Labute approximate surface area is 103 Å². The fraction of sp³-hybridized carbons (Fsp3) is 0.769. The maximum atomic E-state index is 11.7. The zero-order valence-corrected chi connectivity index (χ0v) is 10.7. The average Bonchev–Trinajstić information content (AvgIpc) is 2.85. The summed E-state index contributed by atoms with van der Waals surface area (Å²) >= 11 is 4.31. The van der Waals surface area contributed by atoms with E-state index in [-0.39, 0.29) is 11.3 Å². The van der Waals surface area contributed by atoms with Crippen LogP contribution in [0.1, 0.15) is 44.9 Å². The molecule has 0 heterocycles. The van der Waals surface area contributed by atoms with E-state index in [9.17, 15) is 4.79 Å². The Hall–Kier alpha value is -0.440. The number of carbonyl (C=O) groups excluding carboxylic acids is 1. The van der Waals surface area contributed by atoms with Crippen LogP contribution in [0, 0.1) is 5.41 Å². The van der Waals surface area contributed by atoms with Gasteiger partial charge < -0.3 is 5.32 Å². The topological polar surface area (TPSA) is 29.1 Å². The molecular formula is C13H21NOS. The molecule has 0 unspecified atom stereocenters. The van der Waals surface area contributed by atoms with Gasteiger partial charge in [0.1, 0.15) is 0 Å². The molecular weight excluding hydrogens is 218 g/mol. The van der Waals surface area contributed by atoms with Crippen molar-refractivity contribution in [2.75, 3.05) is 12.3 Å². The van der Waals surface area contributed by atoms with Crippen LogP contribution in [-0.4, -0.2) is 18.2 Å². The van der Waals surface area contributed by atoms with Crippen molar-refractivity contribution in [2.45, 2.75) is 44.9 Å². The number of thiol groups is 1. The highest BCUT2D eigenvalue weighted by atomic mass is 32.1. The highest BCUT2D eigenvalue weighted by molar-refractivity contribution is 7.80. The fourth-order valence-corrected chi connectivity index (χ4v) is 2.73. The van der Waals surface area contributed by atoms with Gasteiger partial charge in [0.15, 0.2) is 0 Å². The standard InChI is InChI=1S/C13H21NOS/c15-12(9-13(10-16)6-7-13)14-8-5-11-3-1-2-4-11/h3,16H,1-2,4-10H2,(H,14,15). The smallest absolute Gasteiger partial charge is 0.220 e. The van der Waals surface area contributed by atoms with Gasteiger partial charge in [0.05, 0.1) is 0 Å². The van der Waals surface area contributed by atoms with Gasteiger partial charge in [0.25, 0.3) is 0 Å². The molecule has 1 N–H and O–H groups in total. The molecule has 16 heavy (non-hydrogen) atoms. The Bertz CT molecular complexity index is 294. The van der Waals surface area contributed by atoms with Gasteiger partial charge in [-0.15, -0.1) is 0 Å². The summed E-state index contributed by atoms with van der Waals surface area (Å²) in [4.78, 5) is 11.7. The number of carbonyl (C=O) groups is 1. The maximum Gasteiger partial charge on any atom is 0.220 e. The van der Waals surface area contributed by atoms with Gasteiger partial charge in [-0.1, -0.05) is 11.6 Å². The van der Waals surface area contributed by atoms with Crippen LogP contribution in [-0.2, 0) is 4.79 Å². The minimum atomic E-state index is 0.213. The molecule has 0 bridgehead atoms. The molecule has 0 atom stereocenters. The zero-order valence-electron chi connectivity index (χ0n) is 9.80. The molecule has 0 aliphatic heterocycles. The molecule has 2 aliphatic carbocycles. The normalized spacial score (nSPS) is 21.7. The first-order valence-electron chi connectivity index (χ1n) is 6.30. The van der Waals surface area contributed by atoms with E-state index in [0.29, 0.717) is 6.42 Å². The Balaban J connectivity index is 1.60. The van der Waals surface area contributed by atoms with Gasteiger partial charge >= 0.3 is 0 Å². The van der Waals surface area contributed by atoms with Crippen LogP contribution < -0.4 is 5.32 Å². The first-order chi connectivity index (χ1) is 7.74. The summed E-state index contributed by atoms with van der Waals surface area (Å²) in [6.45, 7) is 0.813. The van der Waals surface area contributed by atoms with Crippen molar-refractivity contribution in [1.29, 1.82) is 0 Å². The third-order valence-electron chi connectivity index (χ3n) is 3.73. The lowest BCUT2D eigenvalue weighted by atomic mass is 10.1. The number of amides is 1. The minimum Gasteiger partial charge on any atom is -0.356 e. The van der Waals surface area contributed by atoms with Crippen LogP contribution in [0.5, 0.6) is 0 Å². The molecule has 1 fully saturated rings. The number of rotatable bonds is 6. The molecule has 1 saturated carbocycles. The van der Waals surface area contributed by atoms with Crippen molar-refractivity contribution in [1.82, 2.24) is 5.32 Å². The van der Waals surface area contributed by atoms with Gasteiger partial charge in [0, 0.05) is 13.0 Å². The van der Waals surface area contributed by atoms with Crippen molar-refractivity contribution in [3.8, 4) is 0 Å². The number of hydrogen-bond donors (Lipinski definition) is 2. The fourth-order valence-electron chi connectivity index (χ4n) is 2.30. The third-order valence-corrected chi connectivity index (χ3v) is 4.40. The number of nitrogens with one attached hydrogen (secondary N) is 1. The Morgan fingerprint density at radius 1 is 1.50 bits per heavy atom. The Morgan fingerprint density at radius 2 is 2.31 bits per heavy atom. The quantitative estimate of drug-likeness (QED) is 0.541. The Morgan fingerprint density at radius 3 is 2.88 bits per heavy atom. The summed E-state index contributed by atoms with van der Waals surface area (Å²) < 4.78 is 0. The highest BCUT2D eigenvalue weighted by Gasteiger charge is 2.42. The summed E-state index contributed by atoms with van der Waals surface area (Å²) in [5.41, 5.74) is 1.77. The summed E-state index contributed by atoms with van der Waals surface area (Å²) in [6, 6.07) is 0. The molecule has 2 aliphatic rings. The molecule has 0 aromatic carbocycles. The second kappa shape index (κ2) is 5.26. The zero-order chi connectivity index (χ0) is 11.4. The summed E-state index contributed by atoms with van der Waals surface area (Å²) in [7, 11) is 0. The van der Waals surface area contributed by atoms with Crippen molar-refractivity contribution >= 4 is 18.5 Å². The van der Waals surface area contributed by atoms with Crippen LogP contribution in [0.15, 0.2) is 11.6 Å². The molecule has 0 spiro atoms. The maximum absolute atomic E-state index is 11.7. The van der Waals surface area contributed by atoms with Crippen LogP contribution >= 0.6 is 12.6 Å². The summed E-state index contributed by atoms with van der Waals surface area (Å²) in [6.07, 6.45) is 10.1.